The van der Waals surface area contributed by atoms with Crippen LogP contribution in [0, 0.1) is 0 Å². The van der Waals surface area contributed by atoms with Gasteiger partial charge in [-0.15, -0.1) is 0 Å². The van der Waals surface area contributed by atoms with Gasteiger partial charge < -0.3 is 5.32 Å². The summed E-state index contributed by atoms with van der Waals surface area (Å²) in [4.78, 5) is 2.56. The van der Waals surface area contributed by atoms with Crippen LogP contribution in [0.1, 0.15) is 34.1 Å². The lowest BCUT2D eigenvalue weighted by Gasteiger charge is -2.36. The highest BCUT2D eigenvalue weighted by Crippen LogP contribution is 2.25. The Morgan fingerprint density at radius 2 is 2.00 bits per heavy atom. The van der Waals surface area contributed by atoms with Crippen LogP contribution in [0.15, 0.2) is 0 Å². The summed E-state index contributed by atoms with van der Waals surface area (Å²) in [6.45, 7) is 12.6. The molecule has 0 aromatic heterocycles. The van der Waals surface area contributed by atoms with E-state index in [1.54, 1.807) is 0 Å². The standard InChI is InChI=1S/C10H22N2/c1-5-12(6-2)10(4)7-9(3)11-8-10/h9,11H,5-8H2,1-4H3. The van der Waals surface area contributed by atoms with Crippen molar-refractivity contribution in [3.8, 4) is 0 Å². The van der Waals surface area contributed by atoms with Gasteiger partial charge in [0.1, 0.15) is 0 Å². The molecule has 0 aromatic rings. The van der Waals surface area contributed by atoms with Crippen LogP contribution >= 0.6 is 0 Å². The third kappa shape index (κ3) is 1.80. The van der Waals surface area contributed by atoms with E-state index in [2.05, 4.69) is 37.9 Å². The number of nitrogens with zero attached hydrogens (tertiary/aromatic N) is 1. The molecule has 1 saturated heterocycles. The third-order valence-corrected chi connectivity index (χ3v) is 3.10. The second kappa shape index (κ2) is 3.75. The van der Waals surface area contributed by atoms with Crippen LogP contribution in [0.3, 0.4) is 0 Å². The quantitative estimate of drug-likeness (QED) is 0.690. The minimum atomic E-state index is 0.406. The smallest absolute Gasteiger partial charge is 0.0320 e. The number of rotatable bonds is 3. The molecule has 12 heavy (non-hydrogen) atoms. The van der Waals surface area contributed by atoms with Crippen molar-refractivity contribution in [2.45, 2.75) is 45.7 Å². The summed E-state index contributed by atoms with van der Waals surface area (Å²) in [5.41, 5.74) is 0.406. The van der Waals surface area contributed by atoms with Crippen molar-refractivity contribution in [1.29, 1.82) is 0 Å². The molecule has 1 N–H and O–H groups in total. The molecule has 0 bridgehead atoms. The lowest BCUT2D eigenvalue weighted by atomic mass is 9.96. The zero-order valence-electron chi connectivity index (χ0n) is 8.85. The van der Waals surface area contributed by atoms with E-state index in [1.807, 2.05) is 0 Å². The fourth-order valence-corrected chi connectivity index (χ4v) is 2.43. The van der Waals surface area contributed by atoms with Gasteiger partial charge in [0, 0.05) is 18.1 Å². The number of likely N-dealkylation sites (N-methyl/N-ethyl adjacent to an activating group) is 1. The average molecular weight is 170 g/mol. The van der Waals surface area contributed by atoms with Gasteiger partial charge in [-0.3, -0.25) is 4.90 Å². The number of nitrogens with one attached hydrogen (secondary N) is 1. The molecule has 0 aliphatic carbocycles. The van der Waals surface area contributed by atoms with Crippen LogP contribution < -0.4 is 5.32 Å². The van der Waals surface area contributed by atoms with Gasteiger partial charge in [-0.1, -0.05) is 13.8 Å². The van der Waals surface area contributed by atoms with E-state index >= 15 is 0 Å². The lowest BCUT2D eigenvalue weighted by molar-refractivity contribution is 0.133. The van der Waals surface area contributed by atoms with Crippen molar-refractivity contribution >= 4 is 0 Å². The molecular weight excluding hydrogens is 148 g/mol. The Morgan fingerprint density at radius 1 is 1.42 bits per heavy atom. The van der Waals surface area contributed by atoms with Gasteiger partial charge in [0.2, 0.25) is 0 Å². The molecule has 2 heteroatoms. The highest BCUT2D eigenvalue weighted by atomic mass is 15.2. The average Bonchev–Trinajstić information content (AvgIpc) is 2.34. The topological polar surface area (TPSA) is 15.3 Å². The fraction of sp³-hybridized carbons (Fsp3) is 1.00. The minimum Gasteiger partial charge on any atom is -0.312 e. The summed E-state index contributed by atoms with van der Waals surface area (Å²) in [7, 11) is 0. The zero-order valence-corrected chi connectivity index (χ0v) is 8.85. The van der Waals surface area contributed by atoms with E-state index in [1.165, 1.54) is 19.5 Å². The highest BCUT2D eigenvalue weighted by molar-refractivity contribution is 4.96. The van der Waals surface area contributed by atoms with Gasteiger partial charge >= 0.3 is 0 Å². The summed E-state index contributed by atoms with van der Waals surface area (Å²) in [5, 5.41) is 3.52. The minimum absolute atomic E-state index is 0.406. The van der Waals surface area contributed by atoms with E-state index in [0.29, 0.717) is 11.6 Å². The van der Waals surface area contributed by atoms with Crippen molar-refractivity contribution in [1.82, 2.24) is 10.2 Å². The van der Waals surface area contributed by atoms with Crippen LogP contribution in [-0.2, 0) is 0 Å². The maximum Gasteiger partial charge on any atom is 0.0320 e. The molecule has 72 valence electrons. The lowest BCUT2D eigenvalue weighted by Crippen LogP contribution is -2.47. The first-order valence-electron chi connectivity index (χ1n) is 5.11. The van der Waals surface area contributed by atoms with Crippen molar-refractivity contribution in [2.24, 2.45) is 0 Å². The van der Waals surface area contributed by atoms with Crippen LogP contribution in [0.4, 0.5) is 0 Å². The van der Waals surface area contributed by atoms with Gasteiger partial charge in [-0.25, -0.2) is 0 Å². The molecule has 1 aliphatic heterocycles. The molecule has 1 aliphatic rings. The number of hydrogen-bond donors (Lipinski definition) is 1. The van der Waals surface area contributed by atoms with Gasteiger partial charge in [-0.2, -0.15) is 0 Å². The van der Waals surface area contributed by atoms with Crippen molar-refractivity contribution in [3.05, 3.63) is 0 Å². The van der Waals surface area contributed by atoms with Crippen LogP contribution in [0.25, 0.3) is 0 Å². The fourth-order valence-electron chi connectivity index (χ4n) is 2.43. The Hall–Kier alpha value is -0.0800. The molecule has 2 unspecified atom stereocenters. The van der Waals surface area contributed by atoms with Crippen LogP contribution in [-0.4, -0.2) is 36.1 Å². The van der Waals surface area contributed by atoms with E-state index in [9.17, 15) is 0 Å². The van der Waals surface area contributed by atoms with E-state index < -0.39 is 0 Å². The molecule has 0 amide bonds. The monoisotopic (exact) mass is 170 g/mol. The number of hydrogen-bond acceptors (Lipinski definition) is 2. The highest BCUT2D eigenvalue weighted by Gasteiger charge is 2.36. The Labute approximate surface area is 76.3 Å². The molecule has 0 saturated carbocycles. The van der Waals surface area contributed by atoms with Gasteiger partial charge in [-0.05, 0) is 33.4 Å². The maximum absolute atomic E-state index is 3.52. The Kier molecular flexibility index (Phi) is 3.13. The molecule has 0 spiro atoms. The largest absolute Gasteiger partial charge is 0.312 e. The predicted molar refractivity (Wildman–Crippen MR) is 53.4 cm³/mol. The first kappa shape index (κ1) is 10.0. The maximum atomic E-state index is 3.52. The van der Waals surface area contributed by atoms with Crippen molar-refractivity contribution in [3.63, 3.8) is 0 Å². The Morgan fingerprint density at radius 3 is 2.33 bits per heavy atom. The second-order valence-electron chi connectivity index (χ2n) is 4.16. The molecular formula is C10H22N2. The molecule has 0 aromatic carbocycles. The van der Waals surface area contributed by atoms with E-state index in [4.69, 9.17) is 0 Å². The SMILES string of the molecule is CCN(CC)C1(C)CNC(C)C1. The summed E-state index contributed by atoms with van der Waals surface area (Å²) >= 11 is 0. The van der Waals surface area contributed by atoms with Gasteiger partial charge in [0.25, 0.3) is 0 Å². The third-order valence-electron chi connectivity index (χ3n) is 3.10. The first-order chi connectivity index (χ1) is 5.62. The predicted octanol–water partition coefficient (Wildman–Crippen LogP) is 1.47. The first-order valence-corrected chi connectivity index (χ1v) is 5.11. The molecule has 2 atom stereocenters. The molecule has 1 rings (SSSR count). The summed E-state index contributed by atoms with van der Waals surface area (Å²) < 4.78 is 0. The van der Waals surface area contributed by atoms with Gasteiger partial charge in [0.15, 0.2) is 0 Å². The Bertz CT molecular complexity index is 143. The molecule has 1 fully saturated rings. The van der Waals surface area contributed by atoms with Crippen molar-refractivity contribution < 1.29 is 0 Å². The van der Waals surface area contributed by atoms with Crippen LogP contribution in [0.5, 0.6) is 0 Å². The van der Waals surface area contributed by atoms with Crippen molar-refractivity contribution in [2.75, 3.05) is 19.6 Å². The van der Waals surface area contributed by atoms with Gasteiger partial charge in [0.05, 0.1) is 0 Å². The zero-order chi connectivity index (χ0) is 9.19. The molecule has 0 radical (unpaired) electrons. The molecule has 2 nitrogen and oxygen atoms in total. The Balaban J connectivity index is 2.58. The normalized spacial score (nSPS) is 36.2. The van der Waals surface area contributed by atoms with E-state index in [0.717, 1.165) is 6.54 Å². The van der Waals surface area contributed by atoms with Crippen LogP contribution in [0.2, 0.25) is 0 Å². The van der Waals surface area contributed by atoms with E-state index in [-0.39, 0.29) is 0 Å². The summed E-state index contributed by atoms with van der Waals surface area (Å²) in [6.07, 6.45) is 1.29. The second-order valence-corrected chi connectivity index (χ2v) is 4.16. The summed E-state index contributed by atoms with van der Waals surface area (Å²) in [6, 6.07) is 0.690. The molecule has 1 heterocycles. The summed E-state index contributed by atoms with van der Waals surface area (Å²) in [5.74, 6) is 0.